The zero-order valence-corrected chi connectivity index (χ0v) is 11.1. The van der Waals surface area contributed by atoms with Gasteiger partial charge in [0.1, 0.15) is 5.75 Å². The van der Waals surface area contributed by atoms with Crippen molar-refractivity contribution in [3.8, 4) is 5.75 Å². The molecule has 5 heteroatoms. The average molecular weight is 263 g/mol. The molecule has 1 aliphatic heterocycles. The molecule has 1 heterocycles. The van der Waals surface area contributed by atoms with Crippen LogP contribution in [0.25, 0.3) is 0 Å². The maximum absolute atomic E-state index is 11.8. The highest BCUT2D eigenvalue weighted by Gasteiger charge is 2.39. The van der Waals surface area contributed by atoms with Crippen LogP contribution in [-0.2, 0) is 20.8 Å². The summed E-state index contributed by atoms with van der Waals surface area (Å²) in [7, 11) is 0. The normalized spacial score (nSPS) is 17.9. The molecule has 19 heavy (non-hydrogen) atoms. The van der Waals surface area contributed by atoms with Gasteiger partial charge in [-0.1, -0.05) is 18.2 Å². The van der Waals surface area contributed by atoms with Crippen molar-refractivity contribution >= 4 is 11.9 Å². The number of β-lactam (4-membered cyclic amide) rings is 1. The SMILES string of the molecule is CCOc1ccccc1C[C@H]1CN(OC(C)=O)C1=O. The summed E-state index contributed by atoms with van der Waals surface area (Å²) in [5, 5.41) is 1.11. The van der Waals surface area contributed by atoms with Crippen LogP contribution in [0.1, 0.15) is 19.4 Å². The third-order valence-electron chi connectivity index (χ3n) is 2.96. The Labute approximate surface area is 112 Å². The summed E-state index contributed by atoms with van der Waals surface area (Å²) in [6.45, 7) is 4.24. The number of carbonyl (C=O) groups is 2. The van der Waals surface area contributed by atoms with Crippen LogP contribution in [0.5, 0.6) is 5.75 Å². The van der Waals surface area contributed by atoms with Gasteiger partial charge in [0.2, 0.25) is 0 Å². The smallest absolute Gasteiger partial charge is 0.329 e. The molecule has 1 fully saturated rings. The number of hydroxylamine groups is 2. The van der Waals surface area contributed by atoms with E-state index in [2.05, 4.69) is 0 Å². The molecule has 5 nitrogen and oxygen atoms in total. The zero-order valence-electron chi connectivity index (χ0n) is 11.1. The fourth-order valence-corrected chi connectivity index (χ4v) is 2.08. The van der Waals surface area contributed by atoms with E-state index in [1.165, 1.54) is 6.92 Å². The van der Waals surface area contributed by atoms with Crippen molar-refractivity contribution in [2.45, 2.75) is 20.3 Å². The highest BCUT2D eigenvalue weighted by molar-refractivity contribution is 5.85. The van der Waals surface area contributed by atoms with Crippen LogP contribution in [0.15, 0.2) is 24.3 Å². The van der Waals surface area contributed by atoms with Crippen molar-refractivity contribution < 1.29 is 19.2 Å². The van der Waals surface area contributed by atoms with Gasteiger partial charge in [-0.2, -0.15) is 5.06 Å². The van der Waals surface area contributed by atoms with E-state index in [0.717, 1.165) is 16.4 Å². The summed E-state index contributed by atoms with van der Waals surface area (Å²) < 4.78 is 5.52. The summed E-state index contributed by atoms with van der Waals surface area (Å²) in [5.41, 5.74) is 1.00. The topological polar surface area (TPSA) is 55.8 Å². The number of hydrogen-bond donors (Lipinski definition) is 0. The molecule has 1 saturated heterocycles. The lowest BCUT2D eigenvalue weighted by molar-refractivity contribution is -0.219. The molecule has 0 radical (unpaired) electrons. The fraction of sp³-hybridized carbons (Fsp3) is 0.429. The Bertz CT molecular complexity index is 486. The number of hydrogen-bond acceptors (Lipinski definition) is 4. The van der Waals surface area contributed by atoms with Crippen molar-refractivity contribution in [1.82, 2.24) is 5.06 Å². The molecule has 1 aliphatic rings. The molecule has 1 aromatic rings. The number of amides is 1. The molecule has 2 rings (SSSR count). The maximum atomic E-state index is 11.8. The molecular formula is C14H17NO4. The lowest BCUT2D eigenvalue weighted by Crippen LogP contribution is -2.53. The molecule has 1 aromatic carbocycles. The number of nitrogens with zero attached hydrogens (tertiary/aromatic N) is 1. The van der Waals surface area contributed by atoms with E-state index in [4.69, 9.17) is 9.57 Å². The quantitative estimate of drug-likeness (QED) is 0.757. The first kappa shape index (κ1) is 13.4. The molecule has 1 amide bonds. The van der Waals surface area contributed by atoms with E-state index < -0.39 is 5.97 Å². The Balaban J connectivity index is 1.96. The lowest BCUT2D eigenvalue weighted by atomic mass is 9.92. The minimum Gasteiger partial charge on any atom is -0.494 e. The van der Waals surface area contributed by atoms with E-state index >= 15 is 0 Å². The second-order valence-corrected chi connectivity index (χ2v) is 4.42. The van der Waals surface area contributed by atoms with Gasteiger partial charge in [-0.25, -0.2) is 0 Å². The summed E-state index contributed by atoms with van der Waals surface area (Å²) >= 11 is 0. The molecule has 0 N–H and O–H groups in total. The molecular weight excluding hydrogens is 246 g/mol. The van der Waals surface area contributed by atoms with Gasteiger partial charge >= 0.3 is 5.97 Å². The van der Waals surface area contributed by atoms with E-state index in [1.54, 1.807) is 0 Å². The van der Waals surface area contributed by atoms with Gasteiger partial charge in [0.05, 0.1) is 19.1 Å². The highest BCUT2D eigenvalue weighted by Crippen LogP contribution is 2.27. The minimum absolute atomic E-state index is 0.138. The Morgan fingerprint density at radius 1 is 1.42 bits per heavy atom. The molecule has 0 spiro atoms. The number of benzene rings is 1. The molecule has 0 saturated carbocycles. The van der Waals surface area contributed by atoms with Crippen LogP contribution in [0.3, 0.4) is 0 Å². The average Bonchev–Trinajstić information content (AvgIpc) is 2.39. The fourth-order valence-electron chi connectivity index (χ4n) is 2.08. The van der Waals surface area contributed by atoms with Gasteiger partial charge in [0.15, 0.2) is 0 Å². The molecule has 0 aliphatic carbocycles. The molecule has 0 bridgehead atoms. The second kappa shape index (κ2) is 5.73. The van der Waals surface area contributed by atoms with Crippen LogP contribution in [0, 0.1) is 5.92 Å². The molecule has 102 valence electrons. The van der Waals surface area contributed by atoms with E-state index in [0.29, 0.717) is 19.6 Å². The predicted octanol–water partition coefficient (Wildman–Crippen LogP) is 1.56. The third kappa shape index (κ3) is 3.05. The van der Waals surface area contributed by atoms with Crippen LogP contribution < -0.4 is 4.74 Å². The van der Waals surface area contributed by atoms with Crippen LogP contribution in [-0.4, -0.2) is 30.1 Å². The van der Waals surface area contributed by atoms with Crippen LogP contribution in [0.4, 0.5) is 0 Å². The van der Waals surface area contributed by atoms with Gasteiger partial charge in [0, 0.05) is 6.92 Å². The highest BCUT2D eigenvalue weighted by atomic mass is 16.7. The lowest BCUT2D eigenvalue weighted by Gasteiger charge is -2.35. The second-order valence-electron chi connectivity index (χ2n) is 4.42. The maximum Gasteiger partial charge on any atom is 0.329 e. The van der Waals surface area contributed by atoms with Gasteiger partial charge in [-0.3, -0.25) is 9.59 Å². The molecule has 1 atom stereocenters. The Morgan fingerprint density at radius 2 is 2.16 bits per heavy atom. The van der Waals surface area contributed by atoms with Crippen molar-refractivity contribution in [2.24, 2.45) is 5.92 Å². The minimum atomic E-state index is -0.471. The van der Waals surface area contributed by atoms with Gasteiger partial charge in [-0.15, -0.1) is 0 Å². The van der Waals surface area contributed by atoms with Gasteiger partial charge in [-0.05, 0) is 25.0 Å². The summed E-state index contributed by atoms with van der Waals surface area (Å²) in [6.07, 6.45) is 0.604. The van der Waals surface area contributed by atoms with E-state index in [1.807, 2.05) is 31.2 Å². The Morgan fingerprint density at radius 3 is 2.79 bits per heavy atom. The van der Waals surface area contributed by atoms with Crippen molar-refractivity contribution in [1.29, 1.82) is 0 Å². The first-order valence-electron chi connectivity index (χ1n) is 6.32. The predicted molar refractivity (Wildman–Crippen MR) is 68.3 cm³/mol. The van der Waals surface area contributed by atoms with E-state index in [-0.39, 0.29) is 11.8 Å². The number of carbonyl (C=O) groups excluding carboxylic acids is 2. The number of para-hydroxylation sites is 1. The zero-order chi connectivity index (χ0) is 13.8. The van der Waals surface area contributed by atoms with Crippen LogP contribution in [0.2, 0.25) is 0 Å². The summed E-state index contributed by atoms with van der Waals surface area (Å²) in [4.78, 5) is 27.3. The van der Waals surface area contributed by atoms with Crippen LogP contribution >= 0.6 is 0 Å². The largest absolute Gasteiger partial charge is 0.494 e. The molecule has 0 unspecified atom stereocenters. The standard InChI is InChI=1S/C14H17NO4/c1-3-18-13-7-5-4-6-11(13)8-12-9-15(14(12)17)19-10(2)16/h4-7,12H,3,8-9H2,1-2H3/t12-/m0/s1. The monoisotopic (exact) mass is 263 g/mol. The first-order chi connectivity index (χ1) is 9.11. The van der Waals surface area contributed by atoms with Gasteiger partial charge < -0.3 is 9.57 Å². The Hall–Kier alpha value is -2.04. The van der Waals surface area contributed by atoms with Crippen molar-refractivity contribution in [3.05, 3.63) is 29.8 Å². The van der Waals surface area contributed by atoms with Crippen molar-refractivity contribution in [3.63, 3.8) is 0 Å². The number of ether oxygens (including phenoxy) is 1. The summed E-state index contributed by atoms with van der Waals surface area (Å²) in [5.74, 6) is 0.0488. The van der Waals surface area contributed by atoms with Gasteiger partial charge in [0.25, 0.3) is 5.91 Å². The van der Waals surface area contributed by atoms with Crippen molar-refractivity contribution in [2.75, 3.05) is 13.2 Å². The Kier molecular flexibility index (Phi) is 4.04. The summed E-state index contributed by atoms with van der Waals surface area (Å²) in [6, 6.07) is 7.67. The van der Waals surface area contributed by atoms with E-state index in [9.17, 15) is 9.59 Å². The molecule has 0 aromatic heterocycles. The first-order valence-corrected chi connectivity index (χ1v) is 6.32. The number of rotatable bonds is 5. The third-order valence-corrected chi connectivity index (χ3v) is 2.96.